The van der Waals surface area contributed by atoms with Crippen molar-refractivity contribution in [1.29, 1.82) is 0 Å². The molecule has 2 N–H and O–H groups in total. The largest absolute Gasteiger partial charge is 0.504 e. The van der Waals surface area contributed by atoms with Crippen molar-refractivity contribution >= 4 is 42.0 Å². The van der Waals surface area contributed by atoms with Gasteiger partial charge in [-0.25, -0.2) is 9.59 Å². The van der Waals surface area contributed by atoms with Gasteiger partial charge >= 0.3 is 29.8 Å². The van der Waals surface area contributed by atoms with E-state index in [4.69, 9.17) is 33.2 Å². The van der Waals surface area contributed by atoms with Crippen molar-refractivity contribution < 1.29 is 67.3 Å². The molecule has 14 heteroatoms. The summed E-state index contributed by atoms with van der Waals surface area (Å²) in [7, 11) is 2.97. The second-order valence-corrected chi connectivity index (χ2v) is 25.2. The predicted molar refractivity (Wildman–Crippen MR) is 386 cm³/mol. The summed E-state index contributed by atoms with van der Waals surface area (Å²) in [4.78, 5) is 64.3. The molecule has 2 rings (SSSR count). The van der Waals surface area contributed by atoms with E-state index in [2.05, 4.69) is 69.4 Å². The number of hydrogen-bond acceptors (Lipinski definition) is 14. The Bertz CT molecular complexity index is 2350. The summed E-state index contributed by atoms with van der Waals surface area (Å²) >= 11 is 0. The summed E-state index contributed by atoms with van der Waals surface area (Å²) < 4.78 is 39.1. The molecular weight excluding hydrogens is 1200 g/mol. The van der Waals surface area contributed by atoms with Gasteiger partial charge < -0.3 is 43.4 Å². The number of ether oxygens (including phenoxy) is 7. The van der Waals surface area contributed by atoms with Gasteiger partial charge in [0.15, 0.2) is 29.1 Å². The van der Waals surface area contributed by atoms with E-state index in [-0.39, 0.29) is 86.0 Å². The van der Waals surface area contributed by atoms with E-state index in [9.17, 15) is 34.2 Å². The fourth-order valence-electron chi connectivity index (χ4n) is 10.9. The van der Waals surface area contributed by atoms with Crippen LogP contribution in [0.4, 0.5) is 0 Å². The second-order valence-electron chi connectivity index (χ2n) is 25.2. The summed E-state index contributed by atoms with van der Waals surface area (Å²) in [6, 6.07) is 9.83. The summed E-state index contributed by atoms with van der Waals surface area (Å²) in [5.41, 5.74) is 1.46. The van der Waals surface area contributed by atoms with E-state index >= 15 is 0 Å². The third kappa shape index (κ3) is 48.7. The average Bonchev–Trinajstić information content (AvgIpc) is 1.06. The Balaban J connectivity index is 1.72. The predicted octanol–water partition coefficient (Wildman–Crippen LogP) is 21.3. The minimum absolute atomic E-state index is 0.0417. The van der Waals surface area contributed by atoms with Crippen LogP contribution in [0.25, 0.3) is 12.2 Å². The third-order valence-electron chi connectivity index (χ3n) is 16.7. The molecule has 0 amide bonds. The van der Waals surface area contributed by atoms with Crippen LogP contribution >= 0.6 is 0 Å². The molecular formula is C81H126O14. The Morgan fingerprint density at radius 1 is 0.379 bits per heavy atom. The van der Waals surface area contributed by atoms with Gasteiger partial charge in [-0.3, -0.25) is 14.4 Å². The Kier molecular flexibility index (Phi) is 53.3. The van der Waals surface area contributed by atoms with Crippen LogP contribution in [0.1, 0.15) is 302 Å². The zero-order valence-electron chi connectivity index (χ0n) is 59.5. The standard InChI is InChI=1S/C81H126O14/c1-6-9-12-15-16-17-18-19-20-21-22-31-36-41-48-55-79(86)95-72(66-91-77(84)53-46-39-34-29-25-23-27-32-37-44-51-70(49-42-13-10-7-2)93-80(87)62-58-68-56-60-73(82)75(64-68)89-4)67-92-78(85)54-47-40-35-30-26-24-28-33-38-45-52-71(50-43-14-11-8-3)94-81(88)63-59-69-57-61-74(83)76(65-69)90-5/h16-17,19-20,37-38,44-45,56-65,70-72,82-83H,6-15,18,21-36,39-43,46-55,66-67H2,1-5H3/b17-16-,20-19-,44-37-,45-38-,62-58+,63-59+. The highest BCUT2D eigenvalue weighted by molar-refractivity contribution is 5.88. The van der Waals surface area contributed by atoms with Gasteiger partial charge in [-0.15, -0.1) is 0 Å². The molecule has 0 radical (unpaired) electrons. The van der Waals surface area contributed by atoms with Crippen LogP contribution in [0.2, 0.25) is 0 Å². The van der Waals surface area contributed by atoms with Gasteiger partial charge in [0, 0.05) is 44.3 Å². The fraction of sp³-hybridized carbons (Fsp3) is 0.642. The summed E-state index contributed by atoms with van der Waals surface area (Å²) in [6.45, 7) is 6.28. The molecule has 2 atom stereocenters. The Labute approximate surface area is 574 Å². The molecule has 2 aromatic rings. The van der Waals surface area contributed by atoms with Crippen LogP contribution in [0, 0.1) is 0 Å². The number of phenols is 2. The lowest BCUT2D eigenvalue weighted by Gasteiger charge is -2.18. The molecule has 0 spiro atoms. The number of rotatable bonds is 61. The topological polar surface area (TPSA) is 190 Å². The molecule has 0 bridgehead atoms. The van der Waals surface area contributed by atoms with Gasteiger partial charge in [0.25, 0.3) is 0 Å². The van der Waals surface area contributed by atoms with E-state index < -0.39 is 6.10 Å². The highest BCUT2D eigenvalue weighted by atomic mass is 16.6. The molecule has 2 unspecified atom stereocenters. The molecule has 0 aliphatic heterocycles. The first kappa shape index (κ1) is 84.5. The fourth-order valence-corrected chi connectivity index (χ4v) is 10.9. The van der Waals surface area contributed by atoms with E-state index in [0.29, 0.717) is 43.6 Å². The Morgan fingerprint density at radius 2 is 0.716 bits per heavy atom. The maximum Gasteiger partial charge on any atom is 0.331 e. The van der Waals surface area contributed by atoms with Crippen molar-refractivity contribution in [3.05, 3.63) is 108 Å². The number of benzene rings is 2. The first-order chi connectivity index (χ1) is 46.4. The van der Waals surface area contributed by atoms with Crippen molar-refractivity contribution in [2.75, 3.05) is 27.4 Å². The quantitative estimate of drug-likeness (QED) is 0.0209. The van der Waals surface area contributed by atoms with Gasteiger partial charge in [0.1, 0.15) is 25.4 Å². The monoisotopic (exact) mass is 1320 g/mol. The number of methoxy groups -OCH3 is 2. The summed E-state index contributed by atoms with van der Waals surface area (Å²) in [5.74, 6) is -1.08. The first-order valence-electron chi connectivity index (χ1n) is 37.0. The molecule has 14 nitrogen and oxygen atoms in total. The van der Waals surface area contributed by atoms with Gasteiger partial charge in [0.05, 0.1) is 14.2 Å². The molecule has 2 aromatic carbocycles. The maximum absolute atomic E-state index is 13.0. The van der Waals surface area contributed by atoms with Crippen LogP contribution in [0.15, 0.2) is 97.2 Å². The highest BCUT2D eigenvalue weighted by Gasteiger charge is 2.20. The van der Waals surface area contributed by atoms with Gasteiger partial charge in [-0.2, -0.15) is 0 Å². The molecule has 0 fully saturated rings. The van der Waals surface area contributed by atoms with Gasteiger partial charge in [0.2, 0.25) is 0 Å². The zero-order chi connectivity index (χ0) is 68.9. The number of allylic oxidation sites excluding steroid dienone is 6. The van der Waals surface area contributed by atoms with Crippen molar-refractivity contribution in [3.8, 4) is 23.0 Å². The van der Waals surface area contributed by atoms with E-state index in [1.54, 1.807) is 36.4 Å². The molecule has 95 heavy (non-hydrogen) atoms. The molecule has 0 saturated carbocycles. The number of unbranched alkanes of at least 4 members (excludes halogenated alkanes) is 28. The van der Waals surface area contributed by atoms with Gasteiger partial charge in [-0.05, 0) is 150 Å². The van der Waals surface area contributed by atoms with Crippen LogP contribution in [-0.2, 0) is 47.7 Å². The summed E-state index contributed by atoms with van der Waals surface area (Å²) in [5, 5.41) is 19.8. The summed E-state index contributed by atoms with van der Waals surface area (Å²) in [6.07, 6.45) is 63.2. The van der Waals surface area contributed by atoms with Crippen LogP contribution in [0.5, 0.6) is 23.0 Å². The molecule has 0 aromatic heterocycles. The smallest absolute Gasteiger partial charge is 0.331 e. The minimum Gasteiger partial charge on any atom is -0.504 e. The Morgan fingerprint density at radius 3 is 1.11 bits per heavy atom. The molecule has 0 heterocycles. The van der Waals surface area contributed by atoms with Crippen LogP contribution in [-0.4, -0.2) is 85.8 Å². The van der Waals surface area contributed by atoms with Crippen molar-refractivity contribution in [3.63, 3.8) is 0 Å². The number of hydrogen-bond donors (Lipinski definition) is 2. The SMILES string of the molecule is CCCCC/C=C\C/C=C\CCCCCCCC(=O)OC(COC(=O)CCCCCCCCC/C=C\CC(CCCCCC)OC(=O)/C=C/c1ccc(O)c(OC)c1)COC(=O)CCCCCCCCC/C=C\CC(CCCCCC)OC(=O)/C=C/c1ccc(O)c(OC)c1. The lowest BCUT2D eigenvalue weighted by Crippen LogP contribution is -2.30. The minimum atomic E-state index is -0.866. The number of aromatic hydroxyl groups is 2. The Hall–Kier alpha value is -6.57. The molecule has 0 aliphatic carbocycles. The number of esters is 5. The zero-order valence-corrected chi connectivity index (χ0v) is 59.5. The van der Waals surface area contributed by atoms with E-state index in [1.807, 2.05) is 0 Å². The molecule has 0 saturated heterocycles. The van der Waals surface area contributed by atoms with Crippen LogP contribution < -0.4 is 9.47 Å². The van der Waals surface area contributed by atoms with E-state index in [1.165, 1.54) is 57.8 Å². The number of phenolic OH excluding ortho intramolecular Hbond substituents is 2. The normalized spacial score (nSPS) is 12.8. The number of carbonyl (C=O) groups excluding carboxylic acids is 5. The van der Waals surface area contributed by atoms with Crippen molar-refractivity contribution in [1.82, 2.24) is 0 Å². The molecule has 534 valence electrons. The first-order valence-corrected chi connectivity index (χ1v) is 37.0. The van der Waals surface area contributed by atoms with E-state index in [0.717, 1.165) is 210 Å². The third-order valence-corrected chi connectivity index (χ3v) is 16.7. The lowest BCUT2D eigenvalue weighted by atomic mass is 10.1. The van der Waals surface area contributed by atoms with Crippen molar-refractivity contribution in [2.24, 2.45) is 0 Å². The highest BCUT2D eigenvalue weighted by Crippen LogP contribution is 2.28. The number of carbonyl (C=O) groups is 5. The second kappa shape index (κ2) is 59.9. The molecule has 0 aliphatic rings. The van der Waals surface area contributed by atoms with Gasteiger partial charge in [-0.1, -0.05) is 216 Å². The van der Waals surface area contributed by atoms with Crippen molar-refractivity contribution in [2.45, 2.75) is 309 Å². The van der Waals surface area contributed by atoms with Crippen LogP contribution in [0.3, 0.4) is 0 Å². The maximum atomic E-state index is 13.0. The average molecular weight is 1320 g/mol. The lowest BCUT2D eigenvalue weighted by molar-refractivity contribution is -0.167.